The molecule has 3 aromatic heterocycles. The lowest BCUT2D eigenvalue weighted by atomic mass is 9.98. The van der Waals surface area contributed by atoms with Crippen LogP contribution in [-0.2, 0) is 12.6 Å². The van der Waals surface area contributed by atoms with Gasteiger partial charge in [0.2, 0.25) is 0 Å². The third-order valence-corrected chi connectivity index (χ3v) is 5.99. The topological polar surface area (TPSA) is 83.4 Å². The first-order valence-electron chi connectivity index (χ1n) is 10.6. The van der Waals surface area contributed by atoms with Crippen LogP contribution >= 0.6 is 0 Å². The number of fused-ring (bicyclic) bond motifs is 1. The maximum absolute atomic E-state index is 13.6. The smallest absolute Gasteiger partial charge is 0.330 e. The fourth-order valence-electron chi connectivity index (χ4n) is 4.11. The van der Waals surface area contributed by atoms with Gasteiger partial charge in [-0.25, -0.2) is 9.50 Å². The number of amides is 1. The van der Waals surface area contributed by atoms with Crippen LogP contribution < -0.4 is 5.56 Å². The molecule has 7 nitrogen and oxygen atoms in total. The second-order valence-corrected chi connectivity index (χ2v) is 8.15. The van der Waals surface area contributed by atoms with Crippen LogP contribution in [0.25, 0.3) is 5.65 Å². The summed E-state index contributed by atoms with van der Waals surface area (Å²) in [7, 11) is 0. The van der Waals surface area contributed by atoms with Crippen molar-refractivity contribution >= 4 is 11.6 Å². The Morgan fingerprint density at radius 1 is 1.22 bits per heavy atom. The van der Waals surface area contributed by atoms with E-state index in [1.165, 1.54) is 6.07 Å². The van der Waals surface area contributed by atoms with Crippen LogP contribution in [0.2, 0.25) is 0 Å². The highest BCUT2D eigenvalue weighted by Crippen LogP contribution is 2.34. The van der Waals surface area contributed by atoms with Gasteiger partial charge in [-0.2, -0.15) is 18.3 Å². The second-order valence-electron chi connectivity index (χ2n) is 8.15. The molecule has 0 spiro atoms. The number of hydrogen-bond acceptors (Lipinski definition) is 4. The zero-order valence-corrected chi connectivity index (χ0v) is 18.1. The number of carbonyl (C=O) groups is 1. The first kappa shape index (κ1) is 22.0. The number of H-pyrrole nitrogens is 1. The molecule has 0 bridgehead atoms. The van der Waals surface area contributed by atoms with E-state index in [0.29, 0.717) is 36.5 Å². The minimum atomic E-state index is -4.59. The highest BCUT2D eigenvalue weighted by molar-refractivity contribution is 5.94. The third kappa shape index (κ3) is 3.89. The molecule has 1 amide bonds. The van der Waals surface area contributed by atoms with Crippen molar-refractivity contribution in [3.05, 3.63) is 62.5 Å². The van der Waals surface area contributed by atoms with E-state index in [9.17, 15) is 22.8 Å². The number of alkyl halides is 3. The summed E-state index contributed by atoms with van der Waals surface area (Å²) in [6, 6.07) is 3.53. The van der Waals surface area contributed by atoms with Crippen LogP contribution in [0.5, 0.6) is 0 Å². The molecular weight excluding hydrogens is 423 g/mol. The molecule has 32 heavy (non-hydrogen) atoms. The Labute approximate surface area is 182 Å². The van der Waals surface area contributed by atoms with Gasteiger partial charge < -0.3 is 9.88 Å². The Hall–Kier alpha value is -3.17. The molecule has 1 aliphatic heterocycles. The largest absolute Gasteiger partial charge is 0.433 e. The predicted molar refractivity (Wildman–Crippen MR) is 112 cm³/mol. The zero-order valence-electron chi connectivity index (χ0n) is 18.1. The molecule has 1 N–H and O–H groups in total. The molecule has 1 aliphatic rings. The Morgan fingerprint density at radius 2 is 1.97 bits per heavy atom. The van der Waals surface area contributed by atoms with E-state index >= 15 is 0 Å². The Balaban J connectivity index is 1.78. The van der Waals surface area contributed by atoms with Gasteiger partial charge in [-0.1, -0.05) is 6.92 Å². The van der Waals surface area contributed by atoms with Gasteiger partial charge in [0.15, 0.2) is 5.65 Å². The van der Waals surface area contributed by atoms with E-state index in [1.54, 1.807) is 31.7 Å². The molecular formula is C22H24F3N5O2. The van der Waals surface area contributed by atoms with Gasteiger partial charge in [-0.3, -0.25) is 9.59 Å². The van der Waals surface area contributed by atoms with Gasteiger partial charge in [-0.05, 0) is 57.2 Å². The van der Waals surface area contributed by atoms with Crippen molar-refractivity contribution in [2.24, 2.45) is 0 Å². The molecule has 1 saturated heterocycles. The fourth-order valence-corrected chi connectivity index (χ4v) is 4.11. The van der Waals surface area contributed by atoms with Gasteiger partial charge in [0.25, 0.3) is 11.5 Å². The number of nitrogens with zero attached hydrogens (tertiary/aromatic N) is 4. The number of rotatable bonds is 3. The van der Waals surface area contributed by atoms with Crippen molar-refractivity contribution in [2.75, 3.05) is 6.54 Å². The van der Waals surface area contributed by atoms with Crippen LogP contribution in [0, 0.1) is 13.8 Å². The Morgan fingerprint density at radius 3 is 2.66 bits per heavy atom. The fraction of sp³-hybridized carbons (Fsp3) is 0.455. The Bertz CT molecular complexity index is 1240. The summed E-state index contributed by atoms with van der Waals surface area (Å²) in [5, 5.41) is 4.21. The van der Waals surface area contributed by atoms with Gasteiger partial charge in [0.05, 0.1) is 11.7 Å². The first-order valence-corrected chi connectivity index (χ1v) is 10.6. The molecule has 10 heteroatoms. The van der Waals surface area contributed by atoms with Gasteiger partial charge in [0, 0.05) is 24.0 Å². The van der Waals surface area contributed by atoms with Crippen LogP contribution in [0.4, 0.5) is 13.2 Å². The number of aromatic amines is 1. The standard InChI is InChI=1S/C22H24F3N5O2/c1-4-14-10-18(22(23,24)25)30-19(27-14)11-16(28-30)17-7-5-6-8-29(17)21(32)15-9-12(2)13(3)26-20(15)31/h9-11,17H,4-8H2,1-3H3,(H,26,31)/t17-/m0/s1. The maximum Gasteiger partial charge on any atom is 0.433 e. The van der Waals surface area contributed by atoms with Crippen molar-refractivity contribution in [1.82, 2.24) is 24.5 Å². The summed E-state index contributed by atoms with van der Waals surface area (Å²) in [6.07, 6.45) is -2.16. The summed E-state index contributed by atoms with van der Waals surface area (Å²) in [5.41, 5.74) is 0.842. The first-order chi connectivity index (χ1) is 15.1. The normalized spacial score (nSPS) is 17.2. The van der Waals surface area contributed by atoms with Gasteiger partial charge >= 0.3 is 6.18 Å². The number of piperidine rings is 1. The average Bonchev–Trinajstić information content (AvgIpc) is 3.18. The lowest BCUT2D eigenvalue weighted by molar-refractivity contribution is -0.142. The van der Waals surface area contributed by atoms with Crippen molar-refractivity contribution in [3.8, 4) is 0 Å². The average molecular weight is 447 g/mol. The van der Waals surface area contributed by atoms with Gasteiger partial charge in [0.1, 0.15) is 11.3 Å². The number of aromatic nitrogens is 4. The lowest BCUT2D eigenvalue weighted by Crippen LogP contribution is -2.41. The third-order valence-electron chi connectivity index (χ3n) is 5.99. The number of likely N-dealkylation sites (tertiary alicyclic amines) is 1. The molecule has 4 heterocycles. The maximum atomic E-state index is 13.6. The number of aryl methyl sites for hydroxylation is 3. The minimum Gasteiger partial charge on any atom is -0.330 e. The Kier molecular flexibility index (Phi) is 5.56. The summed E-state index contributed by atoms with van der Waals surface area (Å²) in [4.78, 5) is 34.2. The van der Waals surface area contributed by atoms with Crippen LogP contribution in [0.15, 0.2) is 23.0 Å². The molecule has 0 aromatic carbocycles. The summed E-state index contributed by atoms with van der Waals surface area (Å²) >= 11 is 0. The minimum absolute atomic E-state index is 0.0196. The number of halogens is 3. The number of hydrogen-bond donors (Lipinski definition) is 1. The molecule has 0 saturated carbocycles. The highest BCUT2D eigenvalue weighted by atomic mass is 19.4. The molecule has 0 radical (unpaired) electrons. The van der Waals surface area contributed by atoms with E-state index in [4.69, 9.17) is 0 Å². The molecule has 4 rings (SSSR count). The summed E-state index contributed by atoms with van der Waals surface area (Å²) in [6.45, 7) is 5.68. The van der Waals surface area contributed by atoms with E-state index < -0.39 is 29.4 Å². The SMILES string of the molecule is CCc1cc(C(F)(F)F)n2nc([C@@H]3CCCCN3C(=O)c3cc(C)c(C)[nH]c3=O)cc2n1. The quantitative estimate of drug-likeness (QED) is 0.658. The van der Waals surface area contributed by atoms with E-state index in [1.807, 2.05) is 0 Å². The van der Waals surface area contributed by atoms with Crippen molar-refractivity contribution in [1.29, 1.82) is 0 Å². The van der Waals surface area contributed by atoms with E-state index in [2.05, 4.69) is 15.1 Å². The number of nitrogens with one attached hydrogen (secondary N) is 1. The lowest BCUT2D eigenvalue weighted by Gasteiger charge is -2.34. The van der Waals surface area contributed by atoms with Crippen LogP contribution in [0.3, 0.4) is 0 Å². The molecule has 170 valence electrons. The second kappa shape index (κ2) is 8.07. The monoisotopic (exact) mass is 447 g/mol. The molecule has 0 aliphatic carbocycles. The highest BCUT2D eigenvalue weighted by Gasteiger charge is 2.37. The molecule has 0 unspecified atom stereocenters. The van der Waals surface area contributed by atoms with E-state index in [-0.39, 0.29) is 11.2 Å². The van der Waals surface area contributed by atoms with E-state index in [0.717, 1.165) is 29.0 Å². The molecule has 1 atom stereocenters. The van der Waals surface area contributed by atoms with Crippen LogP contribution in [-0.4, -0.2) is 36.9 Å². The van der Waals surface area contributed by atoms with Crippen molar-refractivity contribution < 1.29 is 18.0 Å². The summed E-state index contributed by atoms with van der Waals surface area (Å²) in [5.74, 6) is -0.450. The predicted octanol–water partition coefficient (Wildman–Crippen LogP) is 3.98. The van der Waals surface area contributed by atoms with Crippen molar-refractivity contribution in [3.63, 3.8) is 0 Å². The van der Waals surface area contributed by atoms with Gasteiger partial charge in [-0.15, -0.1) is 0 Å². The zero-order chi connectivity index (χ0) is 23.2. The number of carbonyl (C=O) groups excluding carboxylic acids is 1. The molecule has 3 aromatic rings. The van der Waals surface area contributed by atoms with Crippen molar-refractivity contribution in [2.45, 2.75) is 58.7 Å². The van der Waals surface area contributed by atoms with Crippen LogP contribution in [0.1, 0.15) is 70.9 Å². The number of pyridine rings is 1. The summed E-state index contributed by atoms with van der Waals surface area (Å²) < 4.78 is 41.7. The molecule has 1 fully saturated rings.